The molecular weight excluding hydrogens is 498 g/mol. The van der Waals surface area contributed by atoms with Crippen LogP contribution in [0, 0.1) is 0 Å². The molecule has 0 saturated heterocycles. The minimum absolute atomic E-state index is 0.0220. The number of amides is 2. The molecule has 0 spiro atoms. The van der Waals surface area contributed by atoms with Gasteiger partial charge in [0.05, 0.1) is 36.6 Å². The van der Waals surface area contributed by atoms with Crippen molar-refractivity contribution in [2.24, 2.45) is 0 Å². The van der Waals surface area contributed by atoms with E-state index >= 15 is 0 Å². The molecule has 3 rings (SSSR count). The lowest BCUT2D eigenvalue weighted by Gasteiger charge is -2.37. The van der Waals surface area contributed by atoms with Gasteiger partial charge < -0.3 is 19.9 Å². The molecule has 7 nitrogen and oxygen atoms in total. The van der Waals surface area contributed by atoms with Crippen LogP contribution in [0.4, 0.5) is 41.6 Å². The Morgan fingerprint density at radius 1 is 1.06 bits per heavy atom. The first-order valence-electron chi connectivity index (χ1n) is 10.6. The summed E-state index contributed by atoms with van der Waals surface area (Å²) in [6.45, 7) is 1.16. The maximum atomic E-state index is 13.0. The standard InChI is InChI=1S/C23H22F6N2O5/c1-12-7-18(17-4-3-16(35-2)11-19(17)31(12)21(33)34)30-20(32)36-6-5-13-8-14(22(24,25)26)10-15(9-13)23(27,28)29/h3-4,8-12,18H,5-7H2,1-2H3,(H,30,32)(H,33,34). The van der Waals surface area contributed by atoms with E-state index in [2.05, 4.69) is 5.32 Å². The zero-order chi connectivity index (χ0) is 26.8. The van der Waals surface area contributed by atoms with Crippen molar-refractivity contribution in [2.75, 3.05) is 18.6 Å². The number of hydrogen-bond acceptors (Lipinski definition) is 4. The Bertz CT molecular complexity index is 1100. The summed E-state index contributed by atoms with van der Waals surface area (Å²) >= 11 is 0. The van der Waals surface area contributed by atoms with Gasteiger partial charge >= 0.3 is 24.5 Å². The molecule has 2 amide bonds. The van der Waals surface area contributed by atoms with Crippen LogP contribution in [-0.4, -0.2) is 37.1 Å². The Hall–Kier alpha value is -3.64. The molecule has 0 aromatic heterocycles. The molecule has 2 aromatic carbocycles. The highest BCUT2D eigenvalue weighted by atomic mass is 19.4. The van der Waals surface area contributed by atoms with E-state index in [1.54, 1.807) is 19.1 Å². The van der Waals surface area contributed by atoms with E-state index in [0.717, 1.165) is 4.90 Å². The Labute approximate surface area is 201 Å². The van der Waals surface area contributed by atoms with Crippen molar-refractivity contribution in [1.82, 2.24) is 5.32 Å². The Balaban J connectivity index is 1.71. The zero-order valence-corrected chi connectivity index (χ0v) is 19.0. The lowest BCUT2D eigenvalue weighted by molar-refractivity contribution is -0.143. The van der Waals surface area contributed by atoms with Crippen molar-refractivity contribution in [2.45, 2.75) is 44.2 Å². The minimum atomic E-state index is -4.98. The number of hydrogen-bond donors (Lipinski definition) is 2. The highest BCUT2D eigenvalue weighted by molar-refractivity contribution is 5.89. The van der Waals surface area contributed by atoms with Gasteiger partial charge in [0.1, 0.15) is 5.75 Å². The molecule has 2 unspecified atom stereocenters. The second-order valence-corrected chi connectivity index (χ2v) is 8.16. The van der Waals surface area contributed by atoms with Crippen LogP contribution in [-0.2, 0) is 23.5 Å². The van der Waals surface area contributed by atoms with Crippen molar-refractivity contribution in [3.8, 4) is 5.75 Å². The number of rotatable bonds is 5. The van der Waals surface area contributed by atoms with Crippen molar-refractivity contribution < 1.29 is 50.5 Å². The molecular formula is C23H22F6N2O5. The van der Waals surface area contributed by atoms with Crippen molar-refractivity contribution >= 4 is 17.9 Å². The van der Waals surface area contributed by atoms with Crippen molar-refractivity contribution in [3.63, 3.8) is 0 Å². The van der Waals surface area contributed by atoms with E-state index in [1.165, 1.54) is 13.2 Å². The lowest BCUT2D eigenvalue weighted by atomic mass is 9.92. The van der Waals surface area contributed by atoms with E-state index in [9.17, 15) is 41.0 Å². The smallest absolute Gasteiger partial charge is 0.416 e. The number of nitrogens with one attached hydrogen (secondary N) is 1. The Morgan fingerprint density at radius 2 is 1.67 bits per heavy atom. The predicted octanol–water partition coefficient (Wildman–Crippen LogP) is 6.02. The number of anilines is 1. The summed E-state index contributed by atoms with van der Waals surface area (Å²) in [7, 11) is 1.41. The van der Waals surface area contributed by atoms with Gasteiger partial charge in [-0.1, -0.05) is 6.07 Å². The molecule has 2 atom stereocenters. The fourth-order valence-corrected chi connectivity index (χ4v) is 4.00. The third kappa shape index (κ3) is 6.13. The Kier molecular flexibility index (Phi) is 7.60. The molecule has 0 radical (unpaired) electrons. The molecule has 1 heterocycles. The van der Waals surface area contributed by atoms with E-state index in [0.29, 0.717) is 29.1 Å². The average Bonchev–Trinajstić information content (AvgIpc) is 2.77. The largest absolute Gasteiger partial charge is 0.497 e. The monoisotopic (exact) mass is 520 g/mol. The molecule has 0 saturated carbocycles. The van der Waals surface area contributed by atoms with Crippen LogP contribution in [0.25, 0.3) is 0 Å². The van der Waals surface area contributed by atoms with Gasteiger partial charge in [-0.3, -0.25) is 4.90 Å². The number of benzene rings is 2. The predicted molar refractivity (Wildman–Crippen MR) is 115 cm³/mol. The van der Waals surface area contributed by atoms with Gasteiger partial charge in [-0.25, -0.2) is 9.59 Å². The van der Waals surface area contributed by atoms with Gasteiger partial charge in [0.15, 0.2) is 0 Å². The number of carbonyl (C=O) groups excluding carboxylic acids is 1. The molecule has 13 heteroatoms. The number of carbonyl (C=O) groups is 2. The number of alkyl halides is 6. The molecule has 0 aliphatic carbocycles. The average molecular weight is 520 g/mol. The SMILES string of the molecule is COc1ccc2c(c1)N(C(=O)O)C(C)CC2NC(=O)OCCc1cc(C(F)(F)F)cc(C(F)(F)F)c1. The van der Waals surface area contributed by atoms with Crippen LogP contribution in [0.1, 0.15) is 41.6 Å². The third-order valence-electron chi connectivity index (χ3n) is 5.66. The van der Waals surface area contributed by atoms with Gasteiger partial charge in [0, 0.05) is 18.5 Å². The molecule has 0 fully saturated rings. The first-order valence-corrected chi connectivity index (χ1v) is 10.6. The summed E-state index contributed by atoms with van der Waals surface area (Å²) in [5.41, 5.74) is -2.44. The minimum Gasteiger partial charge on any atom is -0.497 e. The van der Waals surface area contributed by atoms with Crippen LogP contribution in [0.5, 0.6) is 5.75 Å². The topological polar surface area (TPSA) is 88.1 Å². The van der Waals surface area contributed by atoms with Crippen LogP contribution in [0.15, 0.2) is 36.4 Å². The second kappa shape index (κ2) is 10.2. The Morgan fingerprint density at radius 3 is 2.19 bits per heavy atom. The number of methoxy groups -OCH3 is 1. The maximum Gasteiger partial charge on any atom is 0.416 e. The van der Waals surface area contributed by atoms with Gasteiger partial charge in [-0.2, -0.15) is 26.3 Å². The molecule has 0 bridgehead atoms. The summed E-state index contributed by atoms with van der Waals surface area (Å²) in [4.78, 5) is 25.2. The number of halogens is 6. The summed E-state index contributed by atoms with van der Waals surface area (Å²) in [5, 5.41) is 12.2. The fourth-order valence-electron chi connectivity index (χ4n) is 4.00. The van der Waals surface area contributed by atoms with Crippen LogP contribution in [0.2, 0.25) is 0 Å². The summed E-state index contributed by atoms with van der Waals surface area (Å²) in [6.07, 6.45) is -12.3. The number of ether oxygens (including phenoxy) is 2. The van der Waals surface area contributed by atoms with Crippen molar-refractivity contribution in [1.29, 1.82) is 0 Å². The van der Waals surface area contributed by atoms with Crippen LogP contribution >= 0.6 is 0 Å². The highest BCUT2D eigenvalue weighted by Gasteiger charge is 2.37. The fraction of sp³-hybridized carbons (Fsp3) is 0.391. The number of nitrogens with zero attached hydrogens (tertiary/aromatic N) is 1. The van der Waals surface area contributed by atoms with E-state index in [-0.39, 0.29) is 24.5 Å². The zero-order valence-electron chi connectivity index (χ0n) is 19.0. The summed E-state index contributed by atoms with van der Waals surface area (Å²) in [6, 6.07) is 4.65. The maximum absolute atomic E-state index is 13.0. The van der Waals surface area contributed by atoms with Crippen LogP contribution in [0.3, 0.4) is 0 Å². The van der Waals surface area contributed by atoms with E-state index < -0.39 is 54.4 Å². The number of alkyl carbamates (subject to hydrolysis) is 1. The lowest BCUT2D eigenvalue weighted by Crippen LogP contribution is -2.45. The first-order chi connectivity index (χ1) is 16.7. The summed E-state index contributed by atoms with van der Waals surface area (Å²) in [5.74, 6) is 0.398. The first kappa shape index (κ1) is 27.0. The normalized spacial score (nSPS) is 17.8. The second-order valence-electron chi connectivity index (χ2n) is 8.16. The van der Waals surface area contributed by atoms with Crippen LogP contribution < -0.4 is 15.0 Å². The molecule has 196 valence electrons. The van der Waals surface area contributed by atoms with E-state index in [1.807, 2.05) is 0 Å². The summed E-state index contributed by atoms with van der Waals surface area (Å²) < 4.78 is 88.2. The number of carboxylic acid groups (broad SMARTS) is 1. The highest BCUT2D eigenvalue weighted by Crippen LogP contribution is 2.40. The van der Waals surface area contributed by atoms with Gasteiger partial charge in [0.25, 0.3) is 0 Å². The molecule has 1 aliphatic rings. The molecule has 2 aromatic rings. The van der Waals surface area contributed by atoms with Gasteiger partial charge in [-0.05, 0) is 48.7 Å². The van der Waals surface area contributed by atoms with Gasteiger partial charge in [-0.15, -0.1) is 0 Å². The molecule has 36 heavy (non-hydrogen) atoms. The molecule has 2 N–H and O–H groups in total. The van der Waals surface area contributed by atoms with E-state index in [4.69, 9.17) is 9.47 Å². The third-order valence-corrected chi connectivity index (χ3v) is 5.66. The van der Waals surface area contributed by atoms with Gasteiger partial charge in [0.2, 0.25) is 0 Å². The van der Waals surface area contributed by atoms with Crippen molar-refractivity contribution in [3.05, 3.63) is 58.7 Å². The quantitative estimate of drug-likeness (QED) is 0.471. The number of fused-ring (bicyclic) bond motifs is 1. The molecule has 1 aliphatic heterocycles.